The van der Waals surface area contributed by atoms with Gasteiger partial charge in [0.2, 0.25) is 0 Å². The van der Waals surface area contributed by atoms with Gasteiger partial charge in [-0.25, -0.2) is 0 Å². The van der Waals surface area contributed by atoms with Crippen molar-refractivity contribution in [1.29, 1.82) is 0 Å². The molecule has 1 unspecified atom stereocenters. The van der Waals surface area contributed by atoms with E-state index in [9.17, 15) is 0 Å². The molecule has 3 nitrogen and oxygen atoms in total. The Labute approximate surface area is 87.1 Å². The van der Waals surface area contributed by atoms with Crippen molar-refractivity contribution in [3.63, 3.8) is 0 Å². The number of nitrogens with zero attached hydrogens (tertiary/aromatic N) is 1. The molecule has 1 aliphatic heterocycles. The molecule has 1 aliphatic rings. The van der Waals surface area contributed by atoms with E-state index in [-0.39, 0.29) is 6.61 Å². The number of methoxy groups -OCH3 is 1. The van der Waals surface area contributed by atoms with Crippen molar-refractivity contribution < 1.29 is 9.84 Å². The highest BCUT2D eigenvalue weighted by molar-refractivity contribution is 4.86. The van der Waals surface area contributed by atoms with Crippen LogP contribution < -0.4 is 0 Å². The minimum Gasteiger partial charge on any atom is -0.396 e. The fourth-order valence-electron chi connectivity index (χ4n) is 1.98. The number of aliphatic hydroxyl groups is 1. The molecule has 3 heteroatoms. The van der Waals surface area contributed by atoms with Crippen molar-refractivity contribution in [2.45, 2.75) is 26.3 Å². The summed E-state index contributed by atoms with van der Waals surface area (Å²) in [4.78, 5) is 2.42. The summed E-state index contributed by atoms with van der Waals surface area (Å²) in [5.41, 5.74) is 0. The maximum absolute atomic E-state index is 8.92. The number of rotatable bonds is 6. The number of hydrogen-bond donors (Lipinski definition) is 1. The van der Waals surface area contributed by atoms with Gasteiger partial charge in [0.1, 0.15) is 0 Å². The third-order valence-electron chi connectivity index (χ3n) is 3.22. The first-order chi connectivity index (χ1) is 6.69. The first-order valence-corrected chi connectivity index (χ1v) is 5.52. The Balaban J connectivity index is 2.26. The molecule has 84 valence electrons. The van der Waals surface area contributed by atoms with Crippen LogP contribution in [-0.2, 0) is 4.74 Å². The standard InChI is InChI=1S/C11H23NO2/c1-9(2)10-6-12(7-10)11(4-5-13)8-14-3/h9-11,13H,4-8H2,1-3H3. The largest absolute Gasteiger partial charge is 0.396 e. The summed E-state index contributed by atoms with van der Waals surface area (Å²) in [6, 6.07) is 0.417. The molecule has 1 heterocycles. The summed E-state index contributed by atoms with van der Waals surface area (Å²) in [5, 5.41) is 8.92. The van der Waals surface area contributed by atoms with Crippen molar-refractivity contribution in [2.24, 2.45) is 11.8 Å². The summed E-state index contributed by atoms with van der Waals surface area (Å²) in [6.45, 7) is 7.90. The summed E-state index contributed by atoms with van der Waals surface area (Å²) < 4.78 is 5.16. The van der Waals surface area contributed by atoms with E-state index in [1.165, 1.54) is 13.1 Å². The maximum atomic E-state index is 8.92. The molecule has 0 aliphatic carbocycles. The highest BCUT2D eigenvalue weighted by Crippen LogP contribution is 2.26. The van der Waals surface area contributed by atoms with E-state index in [4.69, 9.17) is 9.84 Å². The molecule has 1 atom stereocenters. The second kappa shape index (κ2) is 5.69. The highest BCUT2D eigenvalue weighted by atomic mass is 16.5. The maximum Gasteiger partial charge on any atom is 0.0618 e. The SMILES string of the molecule is COCC(CCO)N1CC(C(C)C)C1. The summed E-state index contributed by atoms with van der Waals surface area (Å²) in [5.74, 6) is 1.62. The number of aliphatic hydroxyl groups excluding tert-OH is 1. The zero-order valence-corrected chi connectivity index (χ0v) is 9.57. The quantitative estimate of drug-likeness (QED) is 0.695. The lowest BCUT2D eigenvalue weighted by Gasteiger charge is -2.46. The second-order valence-corrected chi connectivity index (χ2v) is 4.58. The Morgan fingerprint density at radius 3 is 2.50 bits per heavy atom. The molecule has 1 rings (SSSR count). The van der Waals surface area contributed by atoms with Gasteiger partial charge in [-0.15, -0.1) is 0 Å². The Morgan fingerprint density at radius 1 is 1.43 bits per heavy atom. The Bertz CT molecular complexity index is 149. The van der Waals surface area contributed by atoms with Crippen LogP contribution in [0.15, 0.2) is 0 Å². The monoisotopic (exact) mass is 201 g/mol. The normalized spacial score (nSPS) is 21.2. The lowest BCUT2D eigenvalue weighted by Crippen LogP contribution is -2.55. The fourth-order valence-corrected chi connectivity index (χ4v) is 1.98. The average Bonchev–Trinajstić information content (AvgIpc) is 2.01. The number of ether oxygens (including phenoxy) is 1. The lowest BCUT2D eigenvalue weighted by atomic mass is 9.87. The molecule has 1 fully saturated rings. The van der Waals surface area contributed by atoms with E-state index in [0.717, 1.165) is 24.9 Å². The van der Waals surface area contributed by atoms with Crippen molar-refractivity contribution >= 4 is 0 Å². The van der Waals surface area contributed by atoms with Crippen LogP contribution in [0.2, 0.25) is 0 Å². The average molecular weight is 201 g/mol. The van der Waals surface area contributed by atoms with Crippen LogP contribution in [-0.4, -0.2) is 49.5 Å². The summed E-state index contributed by atoms with van der Waals surface area (Å²) >= 11 is 0. The van der Waals surface area contributed by atoms with Gasteiger partial charge in [-0.3, -0.25) is 4.90 Å². The van der Waals surface area contributed by atoms with Crippen molar-refractivity contribution in [1.82, 2.24) is 4.90 Å². The molecule has 0 aromatic carbocycles. The zero-order chi connectivity index (χ0) is 10.6. The summed E-state index contributed by atoms with van der Waals surface area (Å²) in [6.07, 6.45) is 0.832. The topological polar surface area (TPSA) is 32.7 Å². The summed E-state index contributed by atoms with van der Waals surface area (Å²) in [7, 11) is 1.73. The molecular weight excluding hydrogens is 178 g/mol. The number of likely N-dealkylation sites (tertiary alicyclic amines) is 1. The van der Waals surface area contributed by atoms with E-state index >= 15 is 0 Å². The van der Waals surface area contributed by atoms with Crippen LogP contribution in [0, 0.1) is 11.8 Å². The van der Waals surface area contributed by atoms with Crippen LogP contribution in [0.25, 0.3) is 0 Å². The second-order valence-electron chi connectivity index (χ2n) is 4.58. The Hall–Kier alpha value is -0.120. The van der Waals surface area contributed by atoms with E-state index in [1.54, 1.807) is 7.11 Å². The van der Waals surface area contributed by atoms with Gasteiger partial charge in [0, 0.05) is 32.8 Å². The van der Waals surface area contributed by atoms with Crippen LogP contribution in [0.4, 0.5) is 0 Å². The number of hydrogen-bond acceptors (Lipinski definition) is 3. The third kappa shape index (κ3) is 2.94. The van der Waals surface area contributed by atoms with Gasteiger partial charge in [-0.05, 0) is 18.3 Å². The Kier molecular flexibility index (Phi) is 4.85. The van der Waals surface area contributed by atoms with Gasteiger partial charge in [0.05, 0.1) is 6.61 Å². The van der Waals surface area contributed by atoms with Gasteiger partial charge in [-0.2, -0.15) is 0 Å². The molecule has 14 heavy (non-hydrogen) atoms. The molecule has 0 bridgehead atoms. The minimum absolute atomic E-state index is 0.261. The predicted octanol–water partition coefficient (Wildman–Crippen LogP) is 0.972. The zero-order valence-electron chi connectivity index (χ0n) is 9.57. The van der Waals surface area contributed by atoms with Crippen molar-refractivity contribution in [3.8, 4) is 0 Å². The van der Waals surface area contributed by atoms with Gasteiger partial charge in [0.15, 0.2) is 0 Å². The predicted molar refractivity (Wildman–Crippen MR) is 57.3 cm³/mol. The molecule has 0 radical (unpaired) electrons. The molecule has 0 amide bonds. The fraction of sp³-hybridized carbons (Fsp3) is 1.00. The van der Waals surface area contributed by atoms with E-state index in [1.807, 2.05) is 0 Å². The van der Waals surface area contributed by atoms with Crippen molar-refractivity contribution in [2.75, 3.05) is 33.4 Å². The van der Waals surface area contributed by atoms with E-state index < -0.39 is 0 Å². The molecule has 0 aromatic heterocycles. The first-order valence-electron chi connectivity index (χ1n) is 5.52. The van der Waals surface area contributed by atoms with Crippen LogP contribution >= 0.6 is 0 Å². The molecule has 1 N–H and O–H groups in total. The molecular formula is C11H23NO2. The highest BCUT2D eigenvalue weighted by Gasteiger charge is 2.33. The third-order valence-corrected chi connectivity index (χ3v) is 3.22. The molecule has 0 aromatic rings. The molecule has 0 saturated carbocycles. The van der Waals surface area contributed by atoms with E-state index in [2.05, 4.69) is 18.7 Å². The van der Waals surface area contributed by atoms with Gasteiger partial charge < -0.3 is 9.84 Å². The van der Waals surface area contributed by atoms with Gasteiger partial charge in [-0.1, -0.05) is 13.8 Å². The van der Waals surface area contributed by atoms with Crippen molar-refractivity contribution in [3.05, 3.63) is 0 Å². The Morgan fingerprint density at radius 2 is 2.07 bits per heavy atom. The smallest absolute Gasteiger partial charge is 0.0618 e. The minimum atomic E-state index is 0.261. The van der Waals surface area contributed by atoms with Crippen LogP contribution in [0.1, 0.15) is 20.3 Å². The lowest BCUT2D eigenvalue weighted by molar-refractivity contribution is -0.0131. The van der Waals surface area contributed by atoms with Crippen LogP contribution in [0.5, 0.6) is 0 Å². The molecule has 1 saturated heterocycles. The van der Waals surface area contributed by atoms with E-state index in [0.29, 0.717) is 6.04 Å². The van der Waals surface area contributed by atoms with Gasteiger partial charge >= 0.3 is 0 Å². The van der Waals surface area contributed by atoms with Crippen LogP contribution in [0.3, 0.4) is 0 Å². The first kappa shape index (κ1) is 12.0. The van der Waals surface area contributed by atoms with Gasteiger partial charge in [0.25, 0.3) is 0 Å². The molecule has 0 spiro atoms.